The van der Waals surface area contributed by atoms with E-state index in [-0.39, 0.29) is 11.4 Å². The van der Waals surface area contributed by atoms with Gasteiger partial charge in [0, 0.05) is 7.11 Å². The van der Waals surface area contributed by atoms with Crippen molar-refractivity contribution in [3.8, 4) is 0 Å². The largest absolute Gasteiger partial charge is 0.392 e. The Balaban J connectivity index is 2.67. The van der Waals surface area contributed by atoms with Crippen molar-refractivity contribution in [1.29, 1.82) is 0 Å². The summed E-state index contributed by atoms with van der Waals surface area (Å²) in [4.78, 5) is 12.5. The molecule has 1 aliphatic rings. The Morgan fingerprint density at radius 1 is 1.56 bits per heavy atom. The van der Waals surface area contributed by atoms with Gasteiger partial charge in [-0.05, 0) is 26.7 Å². The Morgan fingerprint density at radius 2 is 2.12 bits per heavy atom. The molecule has 0 heterocycles. The Hall–Kier alpha value is -0.680. The average Bonchev–Trinajstić information content (AvgIpc) is 1.98. The molecule has 3 N–H and O–H groups in total. The maximum atomic E-state index is 12.1. The molecule has 0 bridgehead atoms. The van der Waals surface area contributed by atoms with Gasteiger partial charge in [0.25, 0.3) is 0 Å². The number of rotatable bonds is 5. The summed E-state index contributed by atoms with van der Waals surface area (Å²) in [5, 5.41) is 2.95. The predicted molar refractivity (Wildman–Crippen MR) is 67.2 cm³/mol. The molecule has 1 aliphatic carbocycles. The van der Waals surface area contributed by atoms with Gasteiger partial charge in [-0.1, -0.05) is 18.6 Å². The summed E-state index contributed by atoms with van der Waals surface area (Å²) in [5.74, 6) is -0.0618. The maximum absolute atomic E-state index is 12.1. The number of hydrogen-bond donors (Lipinski definition) is 2. The summed E-state index contributed by atoms with van der Waals surface area (Å²) in [6.07, 6.45) is 2.53. The molecule has 5 heteroatoms. The number of nitrogens with one attached hydrogen (secondary N) is 1. The molecular formula is C11H20N2O2S. The topological polar surface area (TPSA) is 64.3 Å². The lowest BCUT2D eigenvalue weighted by atomic mass is 9.67. The SMILES string of the molecule is COCC(C)(C)NC(=O)C1(C(N)=S)CCC1. The minimum atomic E-state index is -0.611. The van der Waals surface area contributed by atoms with E-state index in [4.69, 9.17) is 22.7 Å². The third-order valence-corrected chi connectivity index (χ3v) is 3.46. The third-order valence-electron chi connectivity index (χ3n) is 3.07. The molecule has 0 aliphatic heterocycles. The van der Waals surface area contributed by atoms with Crippen molar-refractivity contribution < 1.29 is 9.53 Å². The van der Waals surface area contributed by atoms with Gasteiger partial charge in [-0.3, -0.25) is 4.79 Å². The number of carbonyl (C=O) groups is 1. The molecule has 0 unspecified atom stereocenters. The van der Waals surface area contributed by atoms with Crippen LogP contribution < -0.4 is 11.1 Å². The monoisotopic (exact) mass is 244 g/mol. The molecule has 0 radical (unpaired) electrons. The first kappa shape index (κ1) is 13.4. The van der Waals surface area contributed by atoms with Crippen molar-refractivity contribution in [1.82, 2.24) is 5.32 Å². The van der Waals surface area contributed by atoms with Gasteiger partial charge in [0.1, 0.15) is 0 Å². The van der Waals surface area contributed by atoms with Crippen LogP contribution in [0.5, 0.6) is 0 Å². The summed E-state index contributed by atoms with van der Waals surface area (Å²) in [5.41, 5.74) is 4.67. The fourth-order valence-electron chi connectivity index (χ4n) is 1.94. The van der Waals surface area contributed by atoms with E-state index in [1.165, 1.54) is 0 Å². The number of amides is 1. The van der Waals surface area contributed by atoms with Crippen molar-refractivity contribution in [3.05, 3.63) is 0 Å². The average molecular weight is 244 g/mol. The van der Waals surface area contributed by atoms with E-state index in [1.54, 1.807) is 7.11 Å². The van der Waals surface area contributed by atoms with Gasteiger partial charge in [-0.2, -0.15) is 0 Å². The normalized spacial score (nSPS) is 18.7. The highest BCUT2D eigenvalue weighted by molar-refractivity contribution is 7.80. The van der Waals surface area contributed by atoms with Crippen LogP contribution >= 0.6 is 12.2 Å². The number of methoxy groups -OCH3 is 1. The highest BCUT2D eigenvalue weighted by Crippen LogP contribution is 2.41. The van der Waals surface area contributed by atoms with Crippen LogP contribution in [0.25, 0.3) is 0 Å². The molecule has 1 amide bonds. The molecule has 92 valence electrons. The van der Waals surface area contributed by atoms with Crippen LogP contribution in [0, 0.1) is 5.41 Å². The lowest BCUT2D eigenvalue weighted by Gasteiger charge is -2.41. The van der Waals surface area contributed by atoms with Crippen molar-refractivity contribution in [2.75, 3.05) is 13.7 Å². The maximum Gasteiger partial charge on any atom is 0.233 e. The summed E-state index contributed by atoms with van der Waals surface area (Å²) in [7, 11) is 1.61. The molecule has 0 saturated heterocycles. The van der Waals surface area contributed by atoms with Crippen LogP contribution in [0.4, 0.5) is 0 Å². The van der Waals surface area contributed by atoms with E-state index in [9.17, 15) is 4.79 Å². The molecule has 1 rings (SSSR count). The molecule has 0 aromatic rings. The minimum Gasteiger partial charge on any atom is -0.392 e. The first-order valence-electron chi connectivity index (χ1n) is 5.45. The van der Waals surface area contributed by atoms with Crippen molar-refractivity contribution in [3.63, 3.8) is 0 Å². The number of nitrogens with two attached hydrogens (primary N) is 1. The van der Waals surface area contributed by atoms with Crippen LogP contribution in [0.2, 0.25) is 0 Å². The van der Waals surface area contributed by atoms with Crippen molar-refractivity contribution in [2.24, 2.45) is 11.1 Å². The van der Waals surface area contributed by atoms with Crippen molar-refractivity contribution >= 4 is 23.1 Å². The summed E-state index contributed by atoms with van der Waals surface area (Å²) in [6, 6.07) is 0. The molecule has 0 atom stereocenters. The molecule has 0 aromatic carbocycles. The van der Waals surface area contributed by atoms with Crippen LogP contribution in [0.1, 0.15) is 33.1 Å². The van der Waals surface area contributed by atoms with Gasteiger partial charge in [-0.15, -0.1) is 0 Å². The molecule has 0 spiro atoms. The molecular weight excluding hydrogens is 224 g/mol. The van der Waals surface area contributed by atoms with E-state index < -0.39 is 5.41 Å². The Labute approximate surface area is 102 Å². The highest BCUT2D eigenvalue weighted by atomic mass is 32.1. The number of thiocarbonyl (C=S) groups is 1. The third kappa shape index (κ3) is 2.52. The van der Waals surface area contributed by atoms with Gasteiger partial charge < -0.3 is 15.8 Å². The lowest BCUT2D eigenvalue weighted by molar-refractivity contribution is -0.133. The van der Waals surface area contributed by atoms with Gasteiger partial charge in [0.2, 0.25) is 5.91 Å². The summed E-state index contributed by atoms with van der Waals surface area (Å²) < 4.78 is 5.05. The standard InChI is InChI=1S/C11H20N2O2S/c1-10(2,7-15-3)13-9(14)11(8(12)16)5-4-6-11/h4-7H2,1-3H3,(H2,12,16)(H,13,14). The zero-order valence-electron chi connectivity index (χ0n) is 10.1. The molecule has 16 heavy (non-hydrogen) atoms. The van der Waals surface area contributed by atoms with Gasteiger partial charge >= 0.3 is 0 Å². The van der Waals surface area contributed by atoms with Crippen LogP contribution in [-0.4, -0.2) is 30.2 Å². The van der Waals surface area contributed by atoms with Crippen molar-refractivity contribution in [2.45, 2.75) is 38.6 Å². The first-order chi connectivity index (χ1) is 7.34. The van der Waals surface area contributed by atoms with Gasteiger partial charge in [-0.25, -0.2) is 0 Å². The van der Waals surface area contributed by atoms with Crippen LogP contribution in [0.3, 0.4) is 0 Å². The Bertz CT molecular complexity index is 298. The van der Waals surface area contributed by atoms with E-state index in [2.05, 4.69) is 5.32 Å². The fraction of sp³-hybridized carbons (Fsp3) is 0.818. The zero-order chi connectivity index (χ0) is 12.4. The number of carbonyl (C=O) groups excluding carboxylic acids is 1. The molecule has 1 saturated carbocycles. The van der Waals surface area contributed by atoms with Gasteiger partial charge in [0.05, 0.1) is 22.5 Å². The lowest BCUT2D eigenvalue weighted by Crippen LogP contribution is -2.58. The smallest absolute Gasteiger partial charge is 0.233 e. The Morgan fingerprint density at radius 3 is 2.44 bits per heavy atom. The second kappa shape index (κ2) is 4.67. The van der Waals surface area contributed by atoms with Crippen LogP contribution in [0.15, 0.2) is 0 Å². The predicted octanol–water partition coefficient (Wildman–Crippen LogP) is 0.984. The van der Waals surface area contributed by atoms with E-state index in [1.807, 2.05) is 13.8 Å². The van der Waals surface area contributed by atoms with E-state index in [0.29, 0.717) is 11.6 Å². The highest BCUT2D eigenvalue weighted by Gasteiger charge is 2.48. The van der Waals surface area contributed by atoms with Crippen LogP contribution in [-0.2, 0) is 9.53 Å². The minimum absolute atomic E-state index is 0.0618. The zero-order valence-corrected chi connectivity index (χ0v) is 10.9. The molecule has 4 nitrogen and oxygen atoms in total. The molecule has 1 fully saturated rings. The second-order valence-electron chi connectivity index (χ2n) is 5.07. The van der Waals surface area contributed by atoms with E-state index in [0.717, 1.165) is 19.3 Å². The number of hydrogen-bond acceptors (Lipinski definition) is 3. The summed E-state index contributed by atoms with van der Waals surface area (Å²) >= 11 is 5.00. The fourth-order valence-corrected chi connectivity index (χ4v) is 2.24. The van der Waals surface area contributed by atoms with E-state index >= 15 is 0 Å². The molecule has 0 aromatic heterocycles. The first-order valence-corrected chi connectivity index (χ1v) is 5.86. The number of ether oxygens (including phenoxy) is 1. The van der Waals surface area contributed by atoms with Gasteiger partial charge in [0.15, 0.2) is 0 Å². The Kier molecular flexibility index (Phi) is 3.91. The second-order valence-corrected chi connectivity index (χ2v) is 5.51. The quantitative estimate of drug-likeness (QED) is 0.708. The summed E-state index contributed by atoms with van der Waals surface area (Å²) in [6.45, 7) is 4.30.